The van der Waals surface area contributed by atoms with Crippen LogP contribution in [-0.2, 0) is 15.7 Å². The molecule has 138 valence electrons. The molecule has 10 heteroatoms. The number of nitriles is 1. The first kappa shape index (κ1) is 16.4. The fourth-order valence-corrected chi connectivity index (χ4v) is 5.30. The zero-order valence-electron chi connectivity index (χ0n) is 14.4. The number of nitrogens with one attached hydrogen (secondary N) is 1. The Balaban J connectivity index is 1.47. The number of H-pyrrole nitrogens is 1. The Bertz CT molecular complexity index is 1160. The van der Waals surface area contributed by atoms with Crippen LogP contribution in [0.25, 0.3) is 22.2 Å². The lowest BCUT2D eigenvalue weighted by molar-refractivity contribution is 0.0689. The highest BCUT2D eigenvalue weighted by molar-refractivity contribution is 7.87. The molecule has 2 saturated heterocycles. The van der Waals surface area contributed by atoms with Gasteiger partial charge < -0.3 is 4.98 Å². The molecule has 3 aromatic heterocycles. The summed E-state index contributed by atoms with van der Waals surface area (Å²) in [6, 6.07) is 6.07. The summed E-state index contributed by atoms with van der Waals surface area (Å²) in [4.78, 5) is 7.38. The third kappa shape index (κ3) is 2.47. The number of hydrogen-bond acceptors (Lipinski definition) is 5. The molecular formula is C17H17N7O2S. The summed E-state index contributed by atoms with van der Waals surface area (Å²) in [5.74, 6) is 0. The first-order chi connectivity index (χ1) is 13.0. The molecule has 0 amide bonds. The van der Waals surface area contributed by atoms with Gasteiger partial charge in [-0.15, -0.1) is 0 Å². The summed E-state index contributed by atoms with van der Waals surface area (Å²) < 4.78 is 29.3. The van der Waals surface area contributed by atoms with Crippen LogP contribution in [0, 0.1) is 11.3 Å². The Morgan fingerprint density at radius 1 is 1.26 bits per heavy atom. The highest BCUT2D eigenvalue weighted by Gasteiger charge is 2.53. The molecule has 1 N–H and O–H groups in total. The van der Waals surface area contributed by atoms with Gasteiger partial charge in [-0.05, 0) is 17.7 Å². The van der Waals surface area contributed by atoms with E-state index in [1.165, 1.54) is 8.61 Å². The Morgan fingerprint density at radius 3 is 2.81 bits per heavy atom. The van der Waals surface area contributed by atoms with Crippen molar-refractivity contribution in [3.63, 3.8) is 0 Å². The van der Waals surface area contributed by atoms with E-state index in [9.17, 15) is 13.7 Å². The van der Waals surface area contributed by atoms with E-state index in [-0.39, 0.29) is 19.5 Å². The Hall–Kier alpha value is -2.74. The van der Waals surface area contributed by atoms with Gasteiger partial charge >= 0.3 is 0 Å². The second kappa shape index (κ2) is 5.63. The van der Waals surface area contributed by atoms with Crippen molar-refractivity contribution >= 4 is 21.2 Å². The standard InChI is InChI=1S/C17H17N7O2S/c18-4-3-17(11-23(12-17)27(25,26)22-7-8-22)24-10-13(9-21-24)14-1-5-19-16-15(14)2-6-20-16/h1-2,5-6,9-10H,3,7-8,11-12H2,(H,19,20). The predicted octanol–water partition coefficient (Wildman–Crippen LogP) is 0.911. The normalized spacial score (nSPS) is 19.7. The highest BCUT2D eigenvalue weighted by Crippen LogP contribution is 2.37. The molecule has 3 aromatic rings. The molecule has 0 bridgehead atoms. The van der Waals surface area contributed by atoms with Crippen LogP contribution in [0.5, 0.6) is 0 Å². The SMILES string of the molecule is N#CCC1(n2cc(-c3ccnc4[nH]ccc34)cn2)CN(S(=O)(=O)N2CC2)C1. The Kier molecular flexibility index (Phi) is 3.42. The maximum Gasteiger partial charge on any atom is 0.282 e. The second-order valence-electron chi connectivity index (χ2n) is 7.01. The summed E-state index contributed by atoms with van der Waals surface area (Å²) in [6.07, 6.45) is 7.42. The lowest BCUT2D eigenvalue weighted by Crippen LogP contribution is -2.65. The molecule has 2 aliphatic heterocycles. The van der Waals surface area contributed by atoms with E-state index in [0.717, 1.165) is 22.2 Å². The molecule has 27 heavy (non-hydrogen) atoms. The first-order valence-corrected chi connectivity index (χ1v) is 10.0. The predicted molar refractivity (Wildman–Crippen MR) is 97.6 cm³/mol. The summed E-state index contributed by atoms with van der Waals surface area (Å²) in [5, 5.41) is 14.8. The number of aromatic nitrogens is 4. The molecule has 0 radical (unpaired) electrons. The summed E-state index contributed by atoms with van der Waals surface area (Å²) >= 11 is 0. The molecule has 5 rings (SSSR count). The molecule has 2 fully saturated rings. The van der Waals surface area contributed by atoms with Crippen LogP contribution in [0.4, 0.5) is 0 Å². The van der Waals surface area contributed by atoms with Gasteiger partial charge in [0.05, 0.1) is 18.7 Å². The first-order valence-electron chi connectivity index (χ1n) is 8.63. The summed E-state index contributed by atoms with van der Waals surface area (Å²) in [5.41, 5.74) is 2.07. The van der Waals surface area contributed by atoms with Crippen molar-refractivity contribution < 1.29 is 8.42 Å². The molecule has 2 aliphatic rings. The van der Waals surface area contributed by atoms with E-state index in [1.807, 2.05) is 24.5 Å². The molecule has 5 heterocycles. The van der Waals surface area contributed by atoms with E-state index in [2.05, 4.69) is 21.1 Å². The topological polar surface area (TPSA) is 111 Å². The van der Waals surface area contributed by atoms with Crippen molar-refractivity contribution in [2.45, 2.75) is 12.0 Å². The smallest absolute Gasteiger partial charge is 0.282 e. The molecule has 0 aromatic carbocycles. The van der Waals surface area contributed by atoms with Crippen molar-refractivity contribution in [3.05, 3.63) is 36.9 Å². The minimum absolute atomic E-state index is 0.204. The minimum atomic E-state index is -3.39. The molecule has 0 aliphatic carbocycles. The van der Waals surface area contributed by atoms with E-state index in [0.29, 0.717) is 13.1 Å². The lowest BCUT2D eigenvalue weighted by atomic mass is 9.89. The van der Waals surface area contributed by atoms with Crippen molar-refractivity contribution in [1.29, 1.82) is 5.26 Å². The van der Waals surface area contributed by atoms with Crippen LogP contribution in [0.3, 0.4) is 0 Å². The van der Waals surface area contributed by atoms with E-state index >= 15 is 0 Å². The zero-order chi connectivity index (χ0) is 18.6. The van der Waals surface area contributed by atoms with Gasteiger partial charge in [0, 0.05) is 55.7 Å². The molecule has 0 atom stereocenters. The van der Waals surface area contributed by atoms with E-state index in [1.54, 1.807) is 17.1 Å². The van der Waals surface area contributed by atoms with Crippen LogP contribution in [-0.4, -0.2) is 63.0 Å². The fraction of sp³-hybridized carbons (Fsp3) is 0.353. The second-order valence-corrected chi connectivity index (χ2v) is 8.93. The van der Waals surface area contributed by atoms with E-state index < -0.39 is 15.7 Å². The van der Waals surface area contributed by atoms with Gasteiger partial charge in [0.1, 0.15) is 11.2 Å². The van der Waals surface area contributed by atoms with Crippen LogP contribution in [0.1, 0.15) is 6.42 Å². The van der Waals surface area contributed by atoms with Gasteiger partial charge in [-0.2, -0.15) is 27.4 Å². The van der Waals surface area contributed by atoms with Gasteiger partial charge in [0.15, 0.2) is 0 Å². The average molecular weight is 383 g/mol. The molecule has 9 nitrogen and oxygen atoms in total. The van der Waals surface area contributed by atoms with Crippen LogP contribution in [0.2, 0.25) is 0 Å². The van der Waals surface area contributed by atoms with Gasteiger partial charge in [0.2, 0.25) is 0 Å². The van der Waals surface area contributed by atoms with Crippen LogP contribution in [0.15, 0.2) is 36.9 Å². The van der Waals surface area contributed by atoms with Gasteiger partial charge in [0.25, 0.3) is 10.2 Å². The van der Waals surface area contributed by atoms with Crippen molar-refractivity contribution in [2.75, 3.05) is 26.2 Å². The Morgan fingerprint density at radius 2 is 2.07 bits per heavy atom. The van der Waals surface area contributed by atoms with Gasteiger partial charge in [-0.25, -0.2) is 4.98 Å². The number of nitrogens with zero attached hydrogens (tertiary/aromatic N) is 6. The third-order valence-corrected chi connectivity index (χ3v) is 7.18. The van der Waals surface area contributed by atoms with Gasteiger partial charge in [-0.3, -0.25) is 4.68 Å². The highest BCUT2D eigenvalue weighted by atomic mass is 32.2. The van der Waals surface area contributed by atoms with Crippen LogP contribution >= 0.6 is 0 Å². The quantitative estimate of drug-likeness (QED) is 0.659. The minimum Gasteiger partial charge on any atom is -0.346 e. The number of fused-ring (bicyclic) bond motifs is 1. The van der Waals surface area contributed by atoms with Crippen molar-refractivity contribution in [2.24, 2.45) is 0 Å². The fourth-order valence-electron chi connectivity index (χ4n) is 3.63. The van der Waals surface area contributed by atoms with Crippen molar-refractivity contribution in [1.82, 2.24) is 28.4 Å². The molecule has 0 unspecified atom stereocenters. The van der Waals surface area contributed by atoms with Gasteiger partial charge in [-0.1, -0.05) is 0 Å². The average Bonchev–Trinajstić information content (AvgIpc) is 3.19. The number of pyridine rings is 1. The molecular weight excluding hydrogens is 366 g/mol. The van der Waals surface area contributed by atoms with Crippen LogP contribution < -0.4 is 0 Å². The number of rotatable bonds is 5. The maximum atomic E-state index is 12.4. The largest absolute Gasteiger partial charge is 0.346 e. The number of hydrogen-bond donors (Lipinski definition) is 1. The van der Waals surface area contributed by atoms with Crippen molar-refractivity contribution in [3.8, 4) is 17.2 Å². The number of aromatic amines is 1. The Labute approximate surface area is 156 Å². The molecule has 0 spiro atoms. The zero-order valence-corrected chi connectivity index (χ0v) is 15.2. The summed E-state index contributed by atoms with van der Waals surface area (Å²) in [7, 11) is -3.39. The lowest BCUT2D eigenvalue weighted by Gasteiger charge is -2.47. The molecule has 0 saturated carbocycles. The van der Waals surface area contributed by atoms with E-state index in [4.69, 9.17) is 0 Å². The summed E-state index contributed by atoms with van der Waals surface area (Å²) in [6.45, 7) is 1.67. The third-order valence-electron chi connectivity index (χ3n) is 5.25. The maximum absolute atomic E-state index is 12.4. The monoisotopic (exact) mass is 383 g/mol.